The zero-order valence-corrected chi connectivity index (χ0v) is 14.0. The van der Waals surface area contributed by atoms with Crippen LogP contribution in [0.15, 0.2) is 24.3 Å². The van der Waals surface area contributed by atoms with Gasteiger partial charge in [-0.2, -0.15) is 23.5 Å². The molecular formula is C15H14F3N7O2. The molecule has 1 amide bonds. The van der Waals surface area contributed by atoms with Crippen molar-refractivity contribution in [1.29, 1.82) is 0 Å². The molecule has 3 rings (SSSR count). The van der Waals surface area contributed by atoms with Gasteiger partial charge in [-0.05, 0) is 29.8 Å². The van der Waals surface area contributed by atoms with E-state index in [0.717, 1.165) is 12.1 Å². The maximum absolute atomic E-state index is 12.5. The third-order valence-corrected chi connectivity index (χ3v) is 3.56. The summed E-state index contributed by atoms with van der Waals surface area (Å²) in [5.41, 5.74) is 0.892. The highest BCUT2D eigenvalue weighted by Gasteiger charge is 2.29. The topological polar surface area (TPSA) is 121 Å². The van der Waals surface area contributed by atoms with Crippen LogP contribution in [0.4, 0.5) is 19.0 Å². The Balaban J connectivity index is 1.54. The van der Waals surface area contributed by atoms with E-state index in [-0.39, 0.29) is 24.9 Å². The molecule has 1 aromatic carbocycles. The van der Waals surface area contributed by atoms with E-state index in [4.69, 9.17) is 4.74 Å². The molecule has 0 unspecified atom stereocenters. The Kier molecular flexibility index (Phi) is 5.16. The van der Waals surface area contributed by atoms with Gasteiger partial charge in [-0.15, -0.1) is 10.2 Å². The van der Waals surface area contributed by atoms with Crippen molar-refractivity contribution in [3.05, 3.63) is 41.1 Å². The van der Waals surface area contributed by atoms with Crippen LogP contribution in [0.3, 0.4) is 0 Å². The number of aryl methyl sites for hydroxylation is 1. The molecule has 0 bridgehead atoms. The molecule has 0 atom stereocenters. The third kappa shape index (κ3) is 4.47. The first kappa shape index (κ1) is 18.5. The van der Waals surface area contributed by atoms with E-state index in [1.54, 1.807) is 6.92 Å². The van der Waals surface area contributed by atoms with Crippen LogP contribution in [-0.2, 0) is 22.3 Å². The Morgan fingerprint density at radius 2 is 1.96 bits per heavy atom. The zero-order chi connectivity index (χ0) is 19.4. The van der Waals surface area contributed by atoms with Crippen molar-refractivity contribution in [1.82, 2.24) is 30.8 Å². The van der Waals surface area contributed by atoms with Crippen LogP contribution in [0.2, 0.25) is 0 Å². The van der Waals surface area contributed by atoms with Crippen LogP contribution in [0.1, 0.15) is 16.8 Å². The number of carbonyl (C=O) groups is 1. The minimum atomic E-state index is -4.39. The lowest BCUT2D eigenvalue weighted by atomic mass is 10.1. The summed E-state index contributed by atoms with van der Waals surface area (Å²) in [6.07, 6.45) is -4.39. The number of ether oxygens (including phenoxy) is 1. The van der Waals surface area contributed by atoms with Gasteiger partial charge < -0.3 is 10.1 Å². The van der Waals surface area contributed by atoms with Crippen LogP contribution in [0, 0.1) is 6.92 Å². The fraction of sp³-hybridized carbons (Fsp3) is 0.267. The first-order valence-electron chi connectivity index (χ1n) is 7.67. The number of amides is 1. The number of tetrazole rings is 1. The SMILES string of the molecule is Cc1[nH]nc(NC(=O)COCc2ccc(C(F)(F)F)cc2)c1-c1nn[nH]n1. The maximum atomic E-state index is 12.5. The Hall–Kier alpha value is -3.28. The van der Waals surface area contributed by atoms with Crippen molar-refractivity contribution < 1.29 is 22.7 Å². The molecule has 0 spiro atoms. The molecule has 9 nitrogen and oxygen atoms in total. The molecule has 2 aromatic heterocycles. The minimum Gasteiger partial charge on any atom is -0.367 e. The number of rotatable bonds is 6. The molecule has 0 saturated carbocycles. The molecule has 0 aliphatic carbocycles. The highest BCUT2D eigenvalue weighted by atomic mass is 19.4. The van der Waals surface area contributed by atoms with E-state index < -0.39 is 17.6 Å². The average molecular weight is 381 g/mol. The van der Waals surface area contributed by atoms with E-state index in [0.29, 0.717) is 16.8 Å². The monoisotopic (exact) mass is 381 g/mol. The molecule has 0 fully saturated rings. The van der Waals surface area contributed by atoms with Crippen LogP contribution in [0.5, 0.6) is 0 Å². The van der Waals surface area contributed by atoms with Crippen LogP contribution >= 0.6 is 0 Å². The highest BCUT2D eigenvalue weighted by Crippen LogP contribution is 2.29. The number of nitrogens with one attached hydrogen (secondary N) is 3. The molecule has 0 radical (unpaired) electrons. The largest absolute Gasteiger partial charge is 0.416 e. The van der Waals surface area contributed by atoms with Gasteiger partial charge in [0.1, 0.15) is 6.61 Å². The quantitative estimate of drug-likeness (QED) is 0.601. The summed E-state index contributed by atoms with van der Waals surface area (Å²) in [6, 6.07) is 4.52. The molecule has 0 aliphatic heterocycles. The Labute approximate surface area is 150 Å². The molecule has 3 aromatic rings. The van der Waals surface area contributed by atoms with Crippen molar-refractivity contribution in [2.45, 2.75) is 19.7 Å². The standard InChI is InChI=1S/C15H14F3N7O2/c1-8-12(14-22-24-25-23-14)13(21-20-8)19-11(26)7-27-6-9-2-4-10(5-3-9)15(16,17)18/h2-5H,6-7H2,1H3,(H2,19,20,21,26)(H,22,23,24,25). The summed E-state index contributed by atoms with van der Waals surface area (Å²) in [7, 11) is 0. The normalized spacial score (nSPS) is 11.6. The van der Waals surface area contributed by atoms with Crippen molar-refractivity contribution in [3.8, 4) is 11.4 Å². The fourth-order valence-electron chi connectivity index (χ4n) is 2.28. The first-order chi connectivity index (χ1) is 12.8. The van der Waals surface area contributed by atoms with Gasteiger partial charge >= 0.3 is 6.18 Å². The molecule has 0 aliphatic rings. The van der Waals surface area contributed by atoms with Gasteiger partial charge in [0, 0.05) is 5.69 Å². The predicted molar refractivity (Wildman–Crippen MR) is 86.2 cm³/mol. The fourth-order valence-corrected chi connectivity index (χ4v) is 2.28. The summed E-state index contributed by atoms with van der Waals surface area (Å²) in [5.74, 6) is -0.00240. The molecule has 12 heteroatoms. The van der Waals surface area contributed by atoms with Crippen LogP contribution in [0.25, 0.3) is 11.4 Å². The number of anilines is 1. The van der Waals surface area contributed by atoms with Gasteiger partial charge in [-0.1, -0.05) is 12.1 Å². The van der Waals surface area contributed by atoms with Gasteiger partial charge in [0.25, 0.3) is 5.91 Å². The van der Waals surface area contributed by atoms with Gasteiger partial charge in [-0.25, -0.2) is 0 Å². The number of benzene rings is 1. The molecule has 142 valence electrons. The number of hydrogen-bond acceptors (Lipinski definition) is 6. The van der Waals surface area contributed by atoms with E-state index >= 15 is 0 Å². The molecule has 2 heterocycles. The second-order valence-corrected chi connectivity index (χ2v) is 5.54. The van der Waals surface area contributed by atoms with E-state index in [1.807, 2.05) is 0 Å². The average Bonchev–Trinajstić information content (AvgIpc) is 3.24. The highest BCUT2D eigenvalue weighted by molar-refractivity contribution is 5.94. The number of alkyl halides is 3. The second-order valence-electron chi connectivity index (χ2n) is 5.54. The Morgan fingerprint density at radius 1 is 1.22 bits per heavy atom. The van der Waals surface area contributed by atoms with Gasteiger partial charge in [-0.3, -0.25) is 9.89 Å². The third-order valence-electron chi connectivity index (χ3n) is 3.56. The van der Waals surface area contributed by atoms with Gasteiger partial charge in [0.05, 0.1) is 17.7 Å². The summed E-state index contributed by atoms with van der Waals surface area (Å²) >= 11 is 0. The number of H-pyrrole nitrogens is 2. The van der Waals surface area contributed by atoms with Crippen LogP contribution in [-0.4, -0.2) is 43.3 Å². The van der Waals surface area contributed by atoms with Crippen molar-refractivity contribution in [3.63, 3.8) is 0 Å². The lowest BCUT2D eigenvalue weighted by Gasteiger charge is -2.08. The molecule has 27 heavy (non-hydrogen) atoms. The molecular weight excluding hydrogens is 367 g/mol. The predicted octanol–water partition coefficient (Wildman–Crippen LogP) is 2.07. The number of aromatic amines is 2. The lowest BCUT2D eigenvalue weighted by Crippen LogP contribution is -2.19. The second kappa shape index (κ2) is 7.53. The van der Waals surface area contributed by atoms with Crippen LogP contribution < -0.4 is 5.32 Å². The summed E-state index contributed by atoms with van der Waals surface area (Å²) < 4.78 is 42.8. The Morgan fingerprint density at radius 3 is 2.59 bits per heavy atom. The molecule has 3 N–H and O–H groups in total. The maximum Gasteiger partial charge on any atom is 0.416 e. The molecule has 0 saturated heterocycles. The minimum absolute atomic E-state index is 0.0111. The number of hydrogen-bond donors (Lipinski definition) is 3. The summed E-state index contributed by atoms with van der Waals surface area (Å²) in [6.45, 7) is 1.41. The number of nitrogens with zero attached hydrogens (tertiary/aromatic N) is 4. The van der Waals surface area contributed by atoms with Gasteiger partial charge in [0.15, 0.2) is 5.82 Å². The van der Waals surface area contributed by atoms with E-state index in [2.05, 4.69) is 36.1 Å². The van der Waals surface area contributed by atoms with E-state index in [9.17, 15) is 18.0 Å². The summed E-state index contributed by atoms with van der Waals surface area (Å²) in [5, 5.41) is 22.7. The Bertz CT molecular complexity index is 905. The van der Waals surface area contributed by atoms with Gasteiger partial charge in [0.2, 0.25) is 5.82 Å². The zero-order valence-electron chi connectivity index (χ0n) is 14.0. The first-order valence-corrected chi connectivity index (χ1v) is 7.67. The number of aromatic nitrogens is 6. The van der Waals surface area contributed by atoms with Crippen molar-refractivity contribution in [2.75, 3.05) is 11.9 Å². The van der Waals surface area contributed by atoms with Crippen molar-refractivity contribution in [2.24, 2.45) is 0 Å². The smallest absolute Gasteiger partial charge is 0.367 e. The number of halogens is 3. The van der Waals surface area contributed by atoms with Crippen molar-refractivity contribution >= 4 is 11.7 Å². The summed E-state index contributed by atoms with van der Waals surface area (Å²) in [4.78, 5) is 12.0. The van der Waals surface area contributed by atoms with E-state index in [1.165, 1.54) is 12.1 Å². The number of carbonyl (C=O) groups excluding carboxylic acids is 1. The lowest BCUT2D eigenvalue weighted by molar-refractivity contribution is -0.137.